The molecule has 9 heteroatoms. The Labute approximate surface area is 232 Å². The maximum absolute atomic E-state index is 14.0. The second-order valence-electron chi connectivity index (χ2n) is 10.7. The zero-order chi connectivity index (χ0) is 27.6. The van der Waals surface area contributed by atoms with Crippen LogP contribution >= 0.6 is 0 Å². The number of furan rings is 1. The molecule has 4 aromatic rings. The van der Waals surface area contributed by atoms with Crippen molar-refractivity contribution in [1.82, 2.24) is 9.97 Å². The third kappa shape index (κ3) is 5.13. The number of carbonyl (C=O) groups excluding carboxylic acids is 2. The average Bonchev–Trinajstić information content (AvgIpc) is 3.74. The van der Waals surface area contributed by atoms with E-state index in [2.05, 4.69) is 16.9 Å². The second-order valence-corrected chi connectivity index (χ2v) is 10.7. The van der Waals surface area contributed by atoms with Gasteiger partial charge in [-0.1, -0.05) is 19.1 Å². The van der Waals surface area contributed by atoms with E-state index in [1.54, 1.807) is 30.2 Å². The normalized spacial score (nSPS) is 21.0. The number of aromatic nitrogens is 2. The number of esters is 1. The van der Waals surface area contributed by atoms with E-state index in [9.17, 15) is 9.59 Å². The van der Waals surface area contributed by atoms with Gasteiger partial charge >= 0.3 is 5.97 Å². The first-order valence-electron chi connectivity index (χ1n) is 14.1. The molecule has 4 heterocycles. The molecule has 208 valence electrons. The molecule has 3 aromatic heterocycles. The van der Waals surface area contributed by atoms with Crippen molar-refractivity contribution in [2.75, 3.05) is 24.7 Å². The first kappa shape index (κ1) is 26.3. The number of nitrogens with zero attached hydrogens (tertiary/aromatic N) is 3. The lowest BCUT2D eigenvalue weighted by molar-refractivity contribution is -0.124. The zero-order valence-electron chi connectivity index (χ0n) is 22.8. The van der Waals surface area contributed by atoms with Crippen LogP contribution in [0, 0.1) is 11.8 Å². The van der Waals surface area contributed by atoms with E-state index in [4.69, 9.17) is 18.3 Å². The third-order valence-corrected chi connectivity index (χ3v) is 7.88. The molecule has 1 aliphatic carbocycles. The number of pyridine rings is 1. The number of hydrogen-bond acceptors (Lipinski definition) is 8. The molecular weight excluding hydrogens is 510 g/mol. The first-order valence-corrected chi connectivity index (χ1v) is 14.1. The molecule has 1 aromatic carbocycles. The van der Waals surface area contributed by atoms with Crippen LogP contribution in [0.5, 0.6) is 0 Å². The van der Waals surface area contributed by atoms with E-state index in [1.165, 1.54) is 0 Å². The van der Waals surface area contributed by atoms with Gasteiger partial charge in [-0.25, -0.2) is 9.78 Å². The fraction of sp³-hybridized carbons (Fsp3) is 0.419. The van der Waals surface area contributed by atoms with Crippen molar-refractivity contribution >= 4 is 29.0 Å². The van der Waals surface area contributed by atoms with E-state index in [-0.39, 0.29) is 35.9 Å². The second kappa shape index (κ2) is 11.3. The van der Waals surface area contributed by atoms with Crippen molar-refractivity contribution in [3.63, 3.8) is 0 Å². The van der Waals surface area contributed by atoms with Crippen LogP contribution in [0.2, 0.25) is 0 Å². The molecule has 1 saturated carbocycles. The predicted octanol–water partition coefficient (Wildman–Crippen LogP) is 6.27. The maximum Gasteiger partial charge on any atom is 0.343 e. The number of anilines is 1. The fourth-order valence-electron chi connectivity index (χ4n) is 5.60. The van der Waals surface area contributed by atoms with Crippen molar-refractivity contribution in [3.05, 3.63) is 54.2 Å². The van der Waals surface area contributed by atoms with Gasteiger partial charge in [-0.3, -0.25) is 9.69 Å². The SMILES string of the molecule is CCOC(=O)c1cc(-c2ccc(-c3nc4ncccc4o3)cc2)oc1N(C(=O)[C@H]1CC[C@H](C)CC1)C1CCOC1. The lowest BCUT2D eigenvalue weighted by atomic mass is 9.82. The van der Waals surface area contributed by atoms with E-state index in [0.29, 0.717) is 48.4 Å². The Bertz CT molecular complexity index is 1460. The largest absolute Gasteiger partial charge is 0.462 e. The number of rotatable bonds is 7. The highest BCUT2D eigenvalue weighted by atomic mass is 16.5. The molecule has 0 N–H and O–H groups in total. The van der Waals surface area contributed by atoms with Gasteiger partial charge in [-0.05, 0) is 69.2 Å². The van der Waals surface area contributed by atoms with Crippen LogP contribution in [0.3, 0.4) is 0 Å². The predicted molar refractivity (Wildman–Crippen MR) is 149 cm³/mol. The van der Waals surface area contributed by atoms with Gasteiger partial charge in [-0.2, -0.15) is 4.98 Å². The average molecular weight is 544 g/mol. The summed E-state index contributed by atoms with van der Waals surface area (Å²) in [5.41, 5.74) is 2.94. The summed E-state index contributed by atoms with van der Waals surface area (Å²) >= 11 is 0. The van der Waals surface area contributed by atoms with Gasteiger partial charge in [0.1, 0.15) is 11.3 Å². The van der Waals surface area contributed by atoms with Crippen LogP contribution in [0.1, 0.15) is 56.3 Å². The number of benzene rings is 1. The Morgan fingerprint density at radius 2 is 1.80 bits per heavy atom. The number of ether oxygens (including phenoxy) is 2. The summed E-state index contributed by atoms with van der Waals surface area (Å²) < 4.78 is 23.3. The summed E-state index contributed by atoms with van der Waals surface area (Å²) in [5.74, 6) is 1.16. The van der Waals surface area contributed by atoms with E-state index >= 15 is 0 Å². The molecule has 1 unspecified atom stereocenters. The Kier molecular flexibility index (Phi) is 7.38. The first-order chi connectivity index (χ1) is 19.5. The molecule has 1 aliphatic heterocycles. The number of amides is 1. The quantitative estimate of drug-likeness (QED) is 0.251. The summed E-state index contributed by atoms with van der Waals surface area (Å²) in [6.45, 7) is 5.17. The van der Waals surface area contributed by atoms with E-state index < -0.39 is 5.97 Å². The Morgan fingerprint density at radius 1 is 1.02 bits per heavy atom. The molecule has 40 heavy (non-hydrogen) atoms. The lowest BCUT2D eigenvalue weighted by Gasteiger charge is -2.33. The van der Waals surface area contributed by atoms with E-state index in [0.717, 1.165) is 36.8 Å². The van der Waals surface area contributed by atoms with Crippen LogP contribution in [0.4, 0.5) is 5.88 Å². The summed E-state index contributed by atoms with van der Waals surface area (Å²) in [6, 6.07) is 12.6. The van der Waals surface area contributed by atoms with Crippen molar-refractivity contribution in [2.24, 2.45) is 11.8 Å². The molecule has 1 saturated heterocycles. The zero-order valence-corrected chi connectivity index (χ0v) is 22.8. The smallest absolute Gasteiger partial charge is 0.343 e. The number of carbonyl (C=O) groups is 2. The molecule has 1 atom stereocenters. The number of oxazole rings is 1. The van der Waals surface area contributed by atoms with Crippen molar-refractivity contribution in [1.29, 1.82) is 0 Å². The molecule has 2 fully saturated rings. The van der Waals surface area contributed by atoms with Crippen LogP contribution in [-0.2, 0) is 14.3 Å². The molecule has 0 radical (unpaired) electrons. The topological polar surface area (TPSA) is 108 Å². The van der Waals surface area contributed by atoms with Gasteiger partial charge in [0.25, 0.3) is 0 Å². The fourth-order valence-corrected chi connectivity index (χ4v) is 5.60. The minimum atomic E-state index is -0.517. The third-order valence-electron chi connectivity index (χ3n) is 7.88. The van der Waals surface area contributed by atoms with Gasteiger partial charge < -0.3 is 18.3 Å². The van der Waals surface area contributed by atoms with Crippen molar-refractivity contribution < 1.29 is 27.9 Å². The van der Waals surface area contributed by atoms with Gasteiger partial charge in [-0.15, -0.1) is 0 Å². The van der Waals surface area contributed by atoms with Crippen LogP contribution in [0.15, 0.2) is 57.5 Å². The van der Waals surface area contributed by atoms with E-state index in [1.807, 2.05) is 30.3 Å². The molecule has 0 bridgehead atoms. The lowest BCUT2D eigenvalue weighted by Crippen LogP contribution is -2.45. The Hall–Kier alpha value is -3.98. The van der Waals surface area contributed by atoms with Gasteiger partial charge in [0.2, 0.25) is 17.7 Å². The molecule has 9 nitrogen and oxygen atoms in total. The molecule has 2 aliphatic rings. The van der Waals surface area contributed by atoms with Crippen LogP contribution in [-0.4, -0.2) is 47.7 Å². The molecule has 6 rings (SSSR count). The van der Waals surface area contributed by atoms with Gasteiger partial charge in [0.05, 0.1) is 19.3 Å². The van der Waals surface area contributed by atoms with Gasteiger partial charge in [0.15, 0.2) is 11.2 Å². The highest BCUT2D eigenvalue weighted by molar-refractivity contribution is 6.03. The van der Waals surface area contributed by atoms with Crippen LogP contribution < -0.4 is 4.90 Å². The monoisotopic (exact) mass is 543 g/mol. The Balaban J connectivity index is 1.35. The van der Waals surface area contributed by atoms with Crippen LogP contribution in [0.25, 0.3) is 34.0 Å². The Morgan fingerprint density at radius 3 is 2.50 bits per heavy atom. The summed E-state index contributed by atoms with van der Waals surface area (Å²) in [5, 5.41) is 0. The maximum atomic E-state index is 14.0. The number of fused-ring (bicyclic) bond motifs is 1. The molecular formula is C31H33N3O6. The van der Waals surface area contributed by atoms with Gasteiger partial charge in [0, 0.05) is 35.9 Å². The minimum absolute atomic E-state index is 0.00577. The van der Waals surface area contributed by atoms with Crippen molar-refractivity contribution in [3.8, 4) is 22.8 Å². The highest BCUT2D eigenvalue weighted by Crippen LogP contribution is 2.38. The minimum Gasteiger partial charge on any atom is -0.462 e. The summed E-state index contributed by atoms with van der Waals surface area (Å²) in [4.78, 5) is 37.5. The molecule has 0 spiro atoms. The molecule has 1 amide bonds. The number of hydrogen-bond donors (Lipinski definition) is 0. The summed E-state index contributed by atoms with van der Waals surface area (Å²) in [7, 11) is 0. The summed E-state index contributed by atoms with van der Waals surface area (Å²) in [6.07, 6.45) is 6.05. The highest BCUT2D eigenvalue weighted by Gasteiger charge is 2.39. The standard InChI is InChI=1S/C31H33N3O6/c1-3-38-31(36)24-17-26(20-10-12-21(13-11-20)28-33-27-25(39-28)5-4-15-32-27)40-30(24)34(23-14-16-37-18-23)29(35)22-8-6-19(2)7-9-22/h4-5,10-13,15,17,19,22-23H,3,6-9,14,16,18H2,1-2H3/t19-,22-,23?. The van der Waals surface area contributed by atoms with Crippen molar-refractivity contribution in [2.45, 2.75) is 52.0 Å².